The molecule has 1 amide bonds. The molecule has 6 nitrogen and oxygen atoms in total. The number of halogens is 2. The molecule has 2 heterocycles. The first kappa shape index (κ1) is 20.9. The lowest BCUT2D eigenvalue weighted by atomic mass is 10.2. The van der Waals surface area contributed by atoms with Gasteiger partial charge in [-0.15, -0.1) is 5.10 Å². The zero-order valence-corrected chi connectivity index (χ0v) is 17.5. The second-order valence-electron chi connectivity index (χ2n) is 6.43. The number of hydrogen-bond acceptors (Lipinski definition) is 6. The Morgan fingerprint density at radius 2 is 2.00 bits per heavy atom. The number of phenolic OH excluding ortho intramolecular Hbond substituents is 1. The van der Waals surface area contributed by atoms with E-state index in [9.17, 15) is 14.3 Å². The number of carbonyl (C=O) groups is 1. The minimum atomic E-state index is -0.425. The lowest BCUT2D eigenvalue weighted by molar-refractivity contribution is -0.122. The molecule has 0 saturated carbocycles. The summed E-state index contributed by atoms with van der Waals surface area (Å²) < 4.78 is 19.1. The Hall–Kier alpha value is -3.36. The van der Waals surface area contributed by atoms with Crippen molar-refractivity contribution in [3.8, 4) is 5.75 Å². The van der Waals surface area contributed by atoms with Gasteiger partial charge in [-0.2, -0.15) is 5.10 Å². The number of hydrogen-bond donors (Lipinski definition) is 1. The molecule has 2 aromatic carbocycles. The van der Waals surface area contributed by atoms with Crippen LogP contribution in [0.1, 0.15) is 16.9 Å². The molecule has 9 heteroatoms. The summed E-state index contributed by atoms with van der Waals surface area (Å²) in [6.07, 6.45) is 4.33. The van der Waals surface area contributed by atoms with Crippen LogP contribution in [0.25, 0.3) is 6.08 Å². The van der Waals surface area contributed by atoms with E-state index in [4.69, 9.17) is 16.0 Å². The van der Waals surface area contributed by atoms with Gasteiger partial charge in [0.2, 0.25) is 0 Å². The zero-order chi connectivity index (χ0) is 21.8. The van der Waals surface area contributed by atoms with Gasteiger partial charge in [0.05, 0.1) is 23.9 Å². The van der Waals surface area contributed by atoms with Crippen molar-refractivity contribution in [2.45, 2.75) is 6.54 Å². The Bertz CT molecular complexity index is 1210. The molecular formula is C22H15ClFN3O3S. The molecule has 1 aliphatic heterocycles. The van der Waals surface area contributed by atoms with Gasteiger partial charge < -0.3 is 9.52 Å². The zero-order valence-electron chi connectivity index (χ0n) is 15.9. The van der Waals surface area contributed by atoms with Gasteiger partial charge in [-0.3, -0.25) is 9.69 Å². The largest absolute Gasteiger partial charge is 0.507 e. The number of thioether (sulfide) groups is 1. The monoisotopic (exact) mass is 455 g/mol. The van der Waals surface area contributed by atoms with E-state index in [-0.39, 0.29) is 23.8 Å². The third-order valence-corrected chi connectivity index (χ3v) is 5.54. The minimum Gasteiger partial charge on any atom is -0.507 e. The fraction of sp³-hybridized carbons (Fsp3) is 0.0455. The van der Waals surface area contributed by atoms with Crippen LogP contribution in [0, 0.1) is 5.82 Å². The molecule has 1 fully saturated rings. The summed E-state index contributed by atoms with van der Waals surface area (Å²) in [7, 11) is 0. The lowest BCUT2D eigenvalue weighted by Crippen LogP contribution is -2.28. The Labute approximate surface area is 186 Å². The maximum atomic E-state index is 13.8. The number of aromatic hydroxyl groups is 1. The maximum Gasteiger partial charge on any atom is 0.267 e. The van der Waals surface area contributed by atoms with Crippen LogP contribution in [0.3, 0.4) is 0 Å². The van der Waals surface area contributed by atoms with Gasteiger partial charge >= 0.3 is 0 Å². The van der Waals surface area contributed by atoms with Gasteiger partial charge in [-0.1, -0.05) is 29.8 Å². The molecule has 4 rings (SSSR count). The number of amides is 1. The highest BCUT2D eigenvalue weighted by atomic mass is 35.5. The van der Waals surface area contributed by atoms with Crippen LogP contribution in [0.2, 0.25) is 5.02 Å². The summed E-state index contributed by atoms with van der Waals surface area (Å²) in [5, 5.41) is 18.9. The molecular weight excluding hydrogens is 441 g/mol. The van der Waals surface area contributed by atoms with Gasteiger partial charge in [-0.05, 0) is 54.2 Å². The quantitative estimate of drug-likeness (QED) is 0.322. The first-order chi connectivity index (χ1) is 15.0. The number of phenols is 1. The Morgan fingerprint density at radius 3 is 2.77 bits per heavy atom. The lowest BCUT2D eigenvalue weighted by Gasteiger charge is -2.12. The predicted octanol–water partition coefficient (Wildman–Crippen LogP) is 5.28. The second-order valence-corrected chi connectivity index (χ2v) is 7.88. The van der Waals surface area contributed by atoms with Crippen molar-refractivity contribution in [2.75, 3.05) is 0 Å². The van der Waals surface area contributed by atoms with E-state index in [0.29, 0.717) is 26.4 Å². The van der Waals surface area contributed by atoms with Crippen molar-refractivity contribution in [3.05, 3.63) is 93.5 Å². The third kappa shape index (κ3) is 4.87. The van der Waals surface area contributed by atoms with Gasteiger partial charge in [-0.25, -0.2) is 4.39 Å². The molecule has 1 aromatic heterocycles. The summed E-state index contributed by atoms with van der Waals surface area (Å²) in [5.41, 5.74) is 0.677. The summed E-state index contributed by atoms with van der Waals surface area (Å²) in [6.45, 7) is 0.145. The van der Waals surface area contributed by atoms with Crippen molar-refractivity contribution >= 4 is 46.7 Å². The van der Waals surface area contributed by atoms with Crippen LogP contribution in [0.5, 0.6) is 5.75 Å². The number of benzene rings is 2. The normalized spacial score (nSPS) is 16.8. The summed E-state index contributed by atoms with van der Waals surface area (Å²) in [6, 6.07) is 14.2. The van der Waals surface area contributed by atoms with Crippen molar-refractivity contribution in [1.82, 2.24) is 4.90 Å². The van der Waals surface area contributed by atoms with Crippen molar-refractivity contribution < 1.29 is 18.7 Å². The van der Waals surface area contributed by atoms with Crippen LogP contribution in [0.4, 0.5) is 4.39 Å². The highest BCUT2D eigenvalue weighted by molar-refractivity contribution is 8.18. The maximum absolute atomic E-state index is 13.8. The van der Waals surface area contributed by atoms with Crippen LogP contribution in [0.15, 0.2) is 80.4 Å². The van der Waals surface area contributed by atoms with Crippen LogP contribution in [-0.2, 0) is 11.3 Å². The Kier molecular flexibility index (Phi) is 6.20. The molecule has 31 heavy (non-hydrogen) atoms. The molecule has 0 spiro atoms. The molecule has 0 aliphatic carbocycles. The second kappa shape index (κ2) is 9.20. The molecule has 0 radical (unpaired) electrons. The molecule has 0 unspecified atom stereocenters. The molecule has 1 N–H and O–H groups in total. The Morgan fingerprint density at radius 1 is 1.16 bits per heavy atom. The van der Waals surface area contributed by atoms with Gasteiger partial charge in [0.25, 0.3) is 5.91 Å². The van der Waals surface area contributed by atoms with Gasteiger partial charge in [0.15, 0.2) is 5.17 Å². The van der Waals surface area contributed by atoms with E-state index >= 15 is 0 Å². The van der Waals surface area contributed by atoms with Crippen LogP contribution in [-0.4, -0.2) is 27.3 Å². The first-order valence-corrected chi connectivity index (χ1v) is 10.3. The Balaban J connectivity index is 1.66. The highest BCUT2D eigenvalue weighted by Gasteiger charge is 2.34. The summed E-state index contributed by atoms with van der Waals surface area (Å²) in [4.78, 5) is 14.7. The van der Waals surface area contributed by atoms with E-state index in [1.165, 1.54) is 35.6 Å². The molecule has 1 aliphatic rings. The molecule has 0 atom stereocenters. The standard InChI is InChI=1S/C22H15ClFN3O3S/c23-16-7-8-19(28)15(10-16)11-20-21(29)27(13-17-5-3-9-30-17)22(31-20)26-25-12-14-4-1-2-6-18(14)24/h1-12,28H,13H2/b20-11-,25-12-,26-22+. The van der Waals surface area contributed by atoms with Crippen molar-refractivity contribution in [2.24, 2.45) is 10.2 Å². The summed E-state index contributed by atoms with van der Waals surface area (Å²) >= 11 is 7.08. The average Bonchev–Trinajstić information content (AvgIpc) is 3.36. The fourth-order valence-electron chi connectivity index (χ4n) is 2.78. The SMILES string of the molecule is O=C1/C(=C/c2cc(Cl)ccc2O)S/C(=N/N=C\c2ccccc2F)N1Cc1ccco1. The van der Waals surface area contributed by atoms with E-state index in [1.54, 1.807) is 42.5 Å². The van der Waals surface area contributed by atoms with Crippen molar-refractivity contribution in [1.29, 1.82) is 0 Å². The number of furan rings is 1. The number of nitrogens with zero attached hydrogens (tertiary/aromatic N) is 3. The molecule has 3 aromatic rings. The predicted molar refractivity (Wildman–Crippen MR) is 119 cm³/mol. The smallest absolute Gasteiger partial charge is 0.267 e. The fourth-order valence-corrected chi connectivity index (χ4v) is 3.89. The van der Waals surface area contributed by atoms with Crippen LogP contribution >= 0.6 is 23.4 Å². The number of rotatable bonds is 5. The molecule has 1 saturated heterocycles. The summed E-state index contributed by atoms with van der Waals surface area (Å²) in [5.74, 6) is -0.205. The minimum absolute atomic E-state index is 0.00848. The van der Waals surface area contributed by atoms with E-state index < -0.39 is 5.82 Å². The third-order valence-electron chi connectivity index (χ3n) is 4.30. The highest BCUT2D eigenvalue weighted by Crippen LogP contribution is 2.35. The number of amidine groups is 1. The molecule has 156 valence electrons. The van der Waals surface area contributed by atoms with Crippen molar-refractivity contribution in [3.63, 3.8) is 0 Å². The topological polar surface area (TPSA) is 78.4 Å². The average molecular weight is 456 g/mol. The van der Waals surface area contributed by atoms with Gasteiger partial charge in [0.1, 0.15) is 17.3 Å². The first-order valence-electron chi connectivity index (χ1n) is 9.09. The molecule has 0 bridgehead atoms. The van der Waals surface area contributed by atoms with E-state index in [0.717, 1.165) is 11.8 Å². The van der Waals surface area contributed by atoms with Crippen LogP contribution < -0.4 is 0 Å². The number of carbonyl (C=O) groups excluding carboxylic acids is 1. The van der Waals surface area contributed by atoms with E-state index in [2.05, 4.69) is 10.2 Å². The van der Waals surface area contributed by atoms with Gasteiger partial charge in [0, 0.05) is 16.1 Å². The van der Waals surface area contributed by atoms with E-state index in [1.807, 2.05) is 0 Å².